The van der Waals surface area contributed by atoms with E-state index >= 15 is 0 Å². The van der Waals surface area contributed by atoms with Gasteiger partial charge in [-0.1, -0.05) is 44.5 Å². The Morgan fingerprint density at radius 2 is 1.79 bits per heavy atom. The van der Waals surface area contributed by atoms with Crippen LogP contribution in [0.15, 0.2) is 24.3 Å². The van der Waals surface area contributed by atoms with Gasteiger partial charge in [0.05, 0.1) is 5.60 Å². The molecule has 0 aliphatic heterocycles. The van der Waals surface area contributed by atoms with Gasteiger partial charge in [0.1, 0.15) is 0 Å². The normalized spacial score (nSPS) is 35.9. The molecule has 0 amide bonds. The molecule has 0 radical (unpaired) electrons. The second-order valence-electron chi connectivity index (χ2n) is 7.14. The zero-order valence-electron chi connectivity index (χ0n) is 12.2. The van der Waals surface area contributed by atoms with Gasteiger partial charge in [-0.25, -0.2) is 0 Å². The first-order chi connectivity index (χ1) is 9.07. The molecule has 2 aliphatic carbocycles. The van der Waals surface area contributed by atoms with Crippen molar-refractivity contribution >= 4 is 0 Å². The summed E-state index contributed by atoms with van der Waals surface area (Å²) in [6.45, 7) is 4.55. The second kappa shape index (κ2) is 4.94. The first kappa shape index (κ1) is 13.2. The van der Waals surface area contributed by atoms with Gasteiger partial charge in [0, 0.05) is 0 Å². The molecule has 0 spiro atoms. The number of aliphatic hydroxyl groups is 1. The molecule has 104 valence electrons. The molecule has 1 aromatic carbocycles. The van der Waals surface area contributed by atoms with Gasteiger partial charge in [-0.2, -0.15) is 0 Å². The maximum absolute atomic E-state index is 11.1. The highest BCUT2D eigenvalue weighted by molar-refractivity contribution is 5.32. The molecule has 0 bridgehead atoms. The molecule has 2 saturated carbocycles. The van der Waals surface area contributed by atoms with Crippen LogP contribution in [0, 0.1) is 11.8 Å². The summed E-state index contributed by atoms with van der Waals surface area (Å²) in [6, 6.07) is 8.80. The van der Waals surface area contributed by atoms with Crippen LogP contribution in [0.1, 0.15) is 69.4 Å². The minimum absolute atomic E-state index is 0.586. The molecule has 0 heterocycles. The van der Waals surface area contributed by atoms with E-state index in [0.717, 1.165) is 24.3 Å². The van der Waals surface area contributed by atoms with Crippen molar-refractivity contribution in [3.8, 4) is 0 Å². The fourth-order valence-electron chi connectivity index (χ4n) is 4.15. The summed E-state index contributed by atoms with van der Waals surface area (Å²) in [5.41, 5.74) is 2.02. The van der Waals surface area contributed by atoms with Gasteiger partial charge in [-0.15, -0.1) is 0 Å². The molecular formula is C18H26O. The largest absolute Gasteiger partial charge is 0.385 e. The van der Waals surface area contributed by atoms with Crippen LogP contribution in [0.2, 0.25) is 0 Å². The molecule has 1 heteroatoms. The first-order valence-electron chi connectivity index (χ1n) is 7.89. The SMILES string of the molecule is CC1CC(C)CC(O)(c2cccc(C3CCC3)c2)C1. The van der Waals surface area contributed by atoms with E-state index in [1.54, 1.807) is 0 Å². The molecule has 1 N–H and O–H groups in total. The molecule has 19 heavy (non-hydrogen) atoms. The Hall–Kier alpha value is -0.820. The lowest BCUT2D eigenvalue weighted by molar-refractivity contribution is -0.0363. The number of hydrogen-bond acceptors (Lipinski definition) is 1. The maximum atomic E-state index is 11.1. The van der Waals surface area contributed by atoms with E-state index in [9.17, 15) is 5.11 Å². The molecule has 1 nitrogen and oxygen atoms in total. The van der Waals surface area contributed by atoms with Crippen molar-refractivity contribution in [3.63, 3.8) is 0 Å². The summed E-state index contributed by atoms with van der Waals surface area (Å²) in [4.78, 5) is 0. The highest BCUT2D eigenvalue weighted by atomic mass is 16.3. The summed E-state index contributed by atoms with van der Waals surface area (Å²) in [6.07, 6.45) is 7.12. The third-order valence-electron chi connectivity index (χ3n) is 5.18. The van der Waals surface area contributed by atoms with Gasteiger partial charge in [-0.3, -0.25) is 0 Å². The van der Waals surface area contributed by atoms with Crippen LogP contribution in [-0.4, -0.2) is 5.11 Å². The van der Waals surface area contributed by atoms with E-state index in [1.807, 2.05) is 0 Å². The fraction of sp³-hybridized carbons (Fsp3) is 0.667. The number of rotatable bonds is 2. The standard InChI is InChI=1S/C18H26O/c1-13-9-14(2)12-18(19,11-13)17-8-4-7-16(10-17)15-5-3-6-15/h4,7-8,10,13-15,19H,3,5-6,9,11-12H2,1-2H3. The summed E-state index contributed by atoms with van der Waals surface area (Å²) in [5, 5.41) is 11.1. The Labute approximate surface area is 117 Å². The van der Waals surface area contributed by atoms with Crippen molar-refractivity contribution < 1.29 is 5.11 Å². The minimum atomic E-state index is -0.586. The van der Waals surface area contributed by atoms with Crippen molar-refractivity contribution in [2.75, 3.05) is 0 Å². The van der Waals surface area contributed by atoms with Crippen molar-refractivity contribution in [1.82, 2.24) is 0 Å². The summed E-state index contributed by atoms with van der Waals surface area (Å²) < 4.78 is 0. The summed E-state index contributed by atoms with van der Waals surface area (Å²) >= 11 is 0. The molecule has 0 aromatic heterocycles. The van der Waals surface area contributed by atoms with Gasteiger partial charge < -0.3 is 5.11 Å². The van der Waals surface area contributed by atoms with E-state index in [1.165, 1.54) is 31.2 Å². The predicted octanol–water partition coefficient (Wildman–Crippen LogP) is 4.60. The third-order valence-corrected chi connectivity index (χ3v) is 5.18. The Kier molecular flexibility index (Phi) is 3.42. The Morgan fingerprint density at radius 3 is 2.37 bits per heavy atom. The Balaban J connectivity index is 1.87. The summed E-state index contributed by atoms with van der Waals surface area (Å²) in [5.74, 6) is 2.00. The maximum Gasteiger partial charge on any atom is 0.0901 e. The lowest BCUT2D eigenvalue weighted by atomic mass is 9.70. The van der Waals surface area contributed by atoms with Crippen LogP contribution in [0.4, 0.5) is 0 Å². The number of benzene rings is 1. The predicted molar refractivity (Wildman–Crippen MR) is 79.1 cm³/mol. The Bertz CT molecular complexity index is 437. The summed E-state index contributed by atoms with van der Waals surface area (Å²) in [7, 11) is 0. The molecule has 2 unspecified atom stereocenters. The fourth-order valence-corrected chi connectivity index (χ4v) is 4.15. The van der Waals surface area contributed by atoms with Crippen LogP contribution in [0.3, 0.4) is 0 Å². The van der Waals surface area contributed by atoms with Crippen LogP contribution in [-0.2, 0) is 5.60 Å². The van der Waals surface area contributed by atoms with Crippen molar-refractivity contribution in [2.45, 2.75) is 63.9 Å². The molecule has 2 fully saturated rings. The Morgan fingerprint density at radius 1 is 1.11 bits per heavy atom. The van der Waals surface area contributed by atoms with Gasteiger partial charge in [0.25, 0.3) is 0 Å². The molecule has 0 saturated heterocycles. The smallest absolute Gasteiger partial charge is 0.0901 e. The van der Waals surface area contributed by atoms with E-state index in [0.29, 0.717) is 11.8 Å². The molecule has 3 rings (SSSR count). The van der Waals surface area contributed by atoms with E-state index in [2.05, 4.69) is 38.1 Å². The van der Waals surface area contributed by atoms with Crippen molar-refractivity contribution in [2.24, 2.45) is 11.8 Å². The third kappa shape index (κ3) is 2.58. The van der Waals surface area contributed by atoms with Crippen LogP contribution < -0.4 is 0 Å². The van der Waals surface area contributed by atoms with E-state index in [-0.39, 0.29) is 0 Å². The lowest BCUT2D eigenvalue weighted by Gasteiger charge is -2.40. The van der Waals surface area contributed by atoms with Crippen LogP contribution >= 0.6 is 0 Å². The number of hydrogen-bond donors (Lipinski definition) is 1. The van der Waals surface area contributed by atoms with Crippen LogP contribution in [0.25, 0.3) is 0 Å². The van der Waals surface area contributed by atoms with Crippen LogP contribution in [0.5, 0.6) is 0 Å². The zero-order valence-corrected chi connectivity index (χ0v) is 12.2. The van der Waals surface area contributed by atoms with Crippen molar-refractivity contribution in [3.05, 3.63) is 35.4 Å². The van der Waals surface area contributed by atoms with E-state index in [4.69, 9.17) is 0 Å². The quantitative estimate of drug-likeness (QED) is 0.822. The highest BCUT2D eigenvalue weighted by Gasteiger charge is 2.37. The van der Waals surface area contributed by atoms with Gasteiger partial charge in [0.2, 0.25) is 0 Å². The lowest BCUT2D eigenvalue weighted by Crippen LogP contribution is -2.35. The van der Waals surface area contributed by atoms with E-state index < -0.39 is 5.60 Å². The second-order valence-corrected chi connectivity index (χ2v) is 7.14. The first-order valence-corrected chi connectivity index (χ1v) is 7.89. The average Bonchev–Trinajstić information content (AvgIpc) is 2.25. The topological polar surface area (TPSA) is 20.2 Å². The monoisotopic (exact) mass is 258 g/mol. The average molecular weight is 258 g/mol. The van der Waals surface area contributed by atoms with Crippen molar-refractivity contribution in [1.29, 1.82) is 0 Å². The minimum Gasteiger partial charge on any atom is -0.385 e. The van der Waals surface area contributed by atoms with Gasteiger partial charge >= 0.3 is 0 Å². The zero-order chi connectivity index (χ0) is 13.5. The highest BCUT2D eigenvalue weighted by Crippen LogP contribution is 2.44. The van der Waals surface area contributed by atoms with Gasteiger partial charge in [0.15, 0.2) is 0 Å². The molecule has 2 aliphatic rings. The molecule has 1 aromatic rings. The molecule has 2 atom stereocenters. The molecular weight excluding hydrogens is 232 g/mol. The van der Waals surface area contributed by atoms with Gasteiger partial charge in [-0.05, 0) is 61.0 Å².